The molecular weight excluding hydrogens is 364 g/mol. The van der Waals surface area contributed by atoms with Crippen LogP contribution in [-0.4, -0.2) is 44.9 Å². The topological polar surface area (TPSA) is 138 Å². The molecule has 1 saturated heterocycles. The molecule has 2 atom stereocenters. The van der Waals surface area contributed by atoms with Crippen LogP contribution in [0.3, 0.4) is 0 Å². The van der Waals surface area contributed by atoms with E-state index in [0.717, 1.165) is 32.1 Å². The molecule has 28 heavy (non-hydrogen) atoms. The molecule has 0 spiro atoms. The summed E-state index contributed by atoms with van der Waals surface area (Å²) in [6.07, 6.45) is 5.21. The van der Waals surface area contributed by atoms with Crippen molar-refractivity contribution < 1.29 is 29.4 Å². The first kappa shape index (κ1) is 19.9. The fourth-order valence-corrected chi connectivity index (χ4v) is 4.64. The van der Waals surface area contributed by atoms with Crippen LogP contribution in [0.25, 0.3) is 0 Å². The lowest BCUT2D eigenvalue weighted by atomic mass is 9.83. The zero-order chi connectivity index (χ0) is 20.4. The third kappa shape index (κ3) is 3.58. The van der Waals surface area contributed by atoms with Gasteiger partial charge < -0.3 is 20.8 Å². The third-order valence-corrected chi connectivity index (χ3v) is 5.88. The zero-order valence-electron chi connectivity index (χ0n) is 15.5. The quantitative estimate of drug-likeness (QED) is 0.709. The Bertz CT molecular complexity index is 783. The number of carbonyl (C=O) groups is 4. The second-order valence-electron chi connectivity index (χ2n) is 7.47. The molecule has 2 fully saturated rings. The van der Waals surface area contributed by atoms with Crippen molar-refractivity contribution in [1.29, 1.82) is 0 Å². The maximum Gasteiger partial charge on any atom is 0.336 e. The molecule has 0 bridgehead atoms. The van der Waals surface area contributed by atoms with Crippen LogP contribution in [0.1, 0.15) is 77.3 Å². The maximum absolute atomic E-state index is 13.0. The number of likely N-dealkylation sites (tertiary alicyclic amines) is 1. The van der Waals surface area contributed by atoms with E-state index in [4.69, 9.17) is 5.73 Å². The lowest BCUT2D eigenvalue weighted by Crippen LogP contribution is -2.47. The van der Waals surface area contributed by atoms with E-state index in [0.29, 0.717) is 6.42 Å². The average Bonchev–Trinajstić information content (AvgIpc) is 3.12. The highest BCUT2D eigenvalue weighted by molar-refractivity contribution is 5.98. The molecule has 1 aliphatic heterocycles. The van der Waals surface area contributed by atoms with E-state index in [9.17, 15) is 29.4 Å². The molecule has 2 unspecified atom stereocenters. The summed E-state index contributed by atoms with van der Waals surface area (Å²) in [5.41, 5.74) is 5.22. The Hall–Kier alpha value is -2.90. The number of carboxylic acids is 2. The number of Topliss-reactive ketones (excluding diaryl/α,β-unsaturated/α-hetero) is 1. The molecular formula is C20H24N2O6. The monoisotopic (exact) mass is 388 g/mol. The number of nitrogens with two attached hydrogens (primary N) is 1. The molecule has 150 valence electrons. The van der Waals surface area contributed by atoms with Crippen molar-refractivity contribution in [2.75, 3.05) is 0 Å². The minimum atomic E-state index is -1.29. The molecule has 1 saturated carbocycles. The molecule has 0 aromatic heterocycles. The molecule has 2 amide bonds. The highest BCUT2D eigenvalue weighted by atomic mass is 16.4. The second kappa shape index (κ2) is 8.00. The van der Waals surface area contributed by atoms with Crippen LogP contribution in [0.4, 0.5) is 4.79 Å². The van der Waals surface area contributed by atoms with Crippen LogP contribution < -0.4 is 5.73 Å². The molecule has 1 heterocycles. The molecule has 1 aromatic rings. The molecule has 1 aliphatic carbocycles. The van der Waals surface area contributed by atoms with Crippen LogP contribution in [0.15, 0.2) is 18.2 Å². The molecule has 0 radical (unpaired) electrons. The average molecular weight is 388 g/mol. The maximum atomic E-state index is 13.0. The number of carboxylic acid groups (broad SMARTS) is 2. The standard InChI is InChI=1S/C20H24N2O6/c21-20(28)22-14(9-10-15(22)17(23)11-5-2-1-3-6-11)16-12(18(24)25)7-4-8-13(16)19(26)27/h4,7-8,11,14-15H,1-3,5-6,9-10H2,(H2,21,28)(H,24,25)(H,26,27). The zero-order valence-corrected chi connectivity index (χ0v) is 15.5. The number of carbonyl (C=O) groups excluding carboxylic acids is 2. The number of rotatable bonds is 5. The highest BCUT2D eigenvalue weighted by Crippen LogP contribution is 2.41. The second-order valence-corrected chi connectivity index (χ2v) is 7.47. The van der Waals surface area contributed by atoms with Gasteiger partial charge in [-0.2, -0.15) is 0 Å². The number of hydrogen-bond acceptors (Lipinski definition) is 4. The number of ketones is 1. The van der Waals surface area contributed by atoms with E-state index < -0.39 is 30.1 Å². The van der Waals surface area contributed by atoms with Gasteiger partial charge in [0.15, 0.2) is 5.78 Å². The van der Waals surface area contributed by atoms with Gasteiger partial charge in [0, 0.05) is 11.5 Å². The van der Waals surface area contributed by atoms with Crippen molar-refractivity contribution in [2.45, 2.75) is 57.0 Å². The van der Waals surface area contributed by atoms with Crippen molar-refractivity contribution >= 4 is 23.8 Å². The highest BCUT2D eigenvalue weighted by Gasteiger charge is 2.45. The van der Waals surface area contributed by atoms with E-state index in [1.807, 2.05) is 0 Å². The molecule has 3 rings (SSSR count). The Balaban J connectivity index is 2.01. The van der Waals surface area contributed by atoms with Gasteiger partial charge in [-0.25, -0.2) is 14.4 Å². The van der Waals surface area contributed by atoms with Crippen molar-refractivity contribution in [1.82, 2.24) is 4.90 Å². The SMILES string of the molecule is NC(=O)N1C(C(=O)C2CCCCC2)CCC1c1c(C(=O)O)cccc1C(=O)O. The van der Waals surface area contributed by atoms with Gasteiger partial charge in [-0.15, -0.1) is 0 Å². The van der Waals surface area contributed by atoms with Gasteiger partial charge in [-0.05, 0) is 37.8 Å². The Labute approximate surface area is 162 Å². The number of benzene rings is 1. The van der Waals surface area contributed by atoms with E-state index in [1.54, 1.807) is 0 Å². The van der Waals surface area contributed by atoms with Gasteiger partial charge in [-0.3, -0.25) is 4.79 Å². The van der Waals surface area contributed by atoms with E-state index in [-0.39, 0.29) is 34.8 Å². The third-order valence-electron chi connectivity index (χ3n) is 5.88. The summed E-state index contributed by atoms with van der Waals surface area (Å²) < 4.78 is 0. The first-order chi connectivity index (χ1) is 13.3. The first-order valence-corrected chi connectivity index (χ1v) is 9.54. The van der Waals surface area contributed by atoms with Crippen molar-refractivity contribution in [3.8, 4) is 0 Å². The summed E-state index contributed by atoms with van der Waals surface area (Å²) in [6, 6.07) is 1.53. The van der Waals surface area contributed by atoms with Crippen molar-refractivity contribution in [2.24, 2.45) is 11.7 Å². The molecule has 1 aromatic carbocycles. The van der Waals surface area contributed by atoms with Crippen LogP contribution >= 0.6 is 0 Å². The Morgan fingerprint density at radius 3 is 1.96 bits per heavy atom. The summed E-state index contributed by atoms with van der Waals surface area (Å²) in [5.74, 6) is -2.76. The van der Waals surface area contributed by atoms with E-state index in [2.05, 4.69) is 0 Å². The van der Waals surface area contributed by atoms with Crippen LogP contribution in [-0.2, 0) is 4.79 Å². The summed E-state index contributed by atoms with van der Waals surface area (Å²) >= 11 is 0. The number of nitrogens with zero attached hydrogens (tertiary/aromatic N) is 1. The van der Waals surface area contributed by atoms with Gasteiger partial charge in [0.2, 0.25) is 0 Å². The summed E-state index contributed by atoms with van der Waals surface area (Å²) in [4.78, 5) is 49.9. The Morgan fingerprint density at radius 2 is 1.46 bits per heavy atom. The number of primary amides is 1. The van der Waals surface area contributed by atoms with Gasteiger partial charge in [0.1, 0.15) is 0 Å². The smallest absolute Gasteiger partial charge is 0.336 e. The molecule has 4 N–H and O–H groups in total. The summed E-state index contributed by atoms with van der Waals surface area (Å²) in [6.45, 7) is 0. The Morgan fingerprint density at radius 1 is 0.893 bits per heavy atom. The predicted molar refractivity (Wildman–Crippen MR) is 99.1 cm³/mol. The normalized spacial score (nSPS) is 22.8. The largest absolute Gasteiger partial charge is 0.478 e. The van der Waals surface area contributed by atoms with E-state index in [1.165, 1.54) is 23.1 Å². The van der Waals surface area contributed by atoms with Crippen molar-refractivity contribution in [3.63, 3.8) is 0 Å². The van der Waals surface area contributed by atoms with Crippen LogP contribution in [0.2, 0.25) is 0 Å². The summed E-state index contributed by atoms with van der Waals surface area (Å²) in [7, 11) is 0. The minimum absolute atomic E-state index is 0.0280. The van der Waals surface area contributed by atoms with Gasteiger partial charge in [0.05, 0.1) is 23.2 Å². The van der Waals surface area contributed by atoms with E-state index >= 15 is 0 Å². The number of urea groups is 1. The predicted octanol–water partition coefficient (Wildman–Crippen LogP) is 2.82. The number of hydrogen-bond donors (Lipinski definition) is 3. The summed E-state index contributed by atoms with van der Waals surface area (Å²) in [5, 5.41) is 19.1. The number of amides is 2. The minimum Gasteiger partial charge on any atom is -0.478 e. The molecule has 8 heteroatoms. The number of aromatic carboxylic acids is 2. The van der Waals surface area contributed by atoms with Gasteiger partial charge in [-0.1, -0.05) is 25.3 Å². The van der Waals surface area contributed by atoms with Gasteiger partial charge in [0.25, 0.3) is 0 Å². The fraction of sp³-hybridized carbons (Fsp3) is 0.500. The van der Waals surface area contributed by atoms with Gasteiger partial charge >= 0.3 is 18.0 Å². The fourth-order valence-electron chi connectivity index (χ4n) is 4.64. The van der Waals surface area contributed by atoms with Crippen molar-refractivity contribution in [3.05, 3.63) is 34.9 Å². The van der Waals surface area contributed by atoms with Crippen LogP contribution in [0, 0.1) is 5.92 Å². The first-order valence-electron chi connectivity index (χ1n) is 9.54. The Kier molecular flexibility index (Phi) is 5.67. The lowest BCUT2D eigenvalue weighted by molar-refractivity contribution is -0.127. The van der Waals surface area contributed by atoms with Crippen LogP contribution in [0.5, 0.6) is 0 Å². The lowest BCUT2D eigenvalue weighted by Gasteiger charge is -2.32. The molecule has 2 aliphatic rings. The molecule has 8 nitrogen and oxygen atoms in total.